The van der Waals surface area contributed by atoms with E-state index >= 15 is 0 Å². The quantitative estimate of drug-likeness (QED) is 0.142. The molecule has 0 spiro atoms. The van der Waals surface area contributed by atoms with Crippen LogP contribution >= 0.6 is 0 Å². The zero-order valence-corrected chi connectivity index (χ0v) is 27.5. The number of ether oxygens (including phenoxy) is 6. The van der Waals surface area contributed by atoms with Crippen LogP contribution in [0.3, 0.4) is 0 Å². The van der Waals surface area contributed by atoms with Crippen molar-refractivity contribution >= 4 is 17.9 Å². The van der Waals surface area contributed by atoms with Crippen molar-refractivity contribution < 1.29 is 47.9 Å². The van der Waals surface area contributed by atoms with Crippen molar-refractivity contribution in [2.75, 3.05) is 6.61 Å². The Bertz CT molecular complexity index is 1670. The van der Waals surface area contributed by atoms with Gasteiger partial charge in [-0.15, -0.1) is 0 Å². The molecule has 4 aromatic carbocycles. The molecule has 0 radical (unpaired) electrons. The predicted molar refractivity (Wildman–Crippen MR) is 181 cm³/mol. The van der Waals surface area contributed by atoms with Gasteiger partial charge in [-0.25, -0.2) is 14.4 Å². The van der Waals surface area contributed by atoms with Crippen molar-refractivity contribution in [2.45, 2.75) is 75.2 Å². The fraction of sp³-hybridized carbons (Fsp3) is 0.325. The minimum absolute atomic E-state index is 0.104. The molecule has 4 aromatic rings. The number of rotatable bonds is 12. The molecule has 0 unspecified atom stereocenters. The van der Waals surface area contributed by atoms with Gasteiger partial charge in [-0.2, -0.15) is 0 Å². The number of hydrogen-bond donors (Lipinski definition) is 1. The second-order valence-electron chi connectivity index (χ2n) is 12.3. The van der Waals surface area contributed by atoms with Gasteiger partial charge in [0.25, 0.3) is 0 Å². The lowest BCUT2D eigenvalue weighted by molar-refractivity contribution is -0.318. The van der Waals surface area contributed by atoms with Crippen molar-refractivity contribution in [3.63, 3.8) is 0 Å². The van der Waals surface area contributed by atoms with Gasteiger partial charge in [0.1, 0.15) is 6.10 Å². The summed E-state index contributed by atoms with van der Waals surface area (Å²) in [5.41, 5.74) is 1.63. The number of esters is 3. The zero-order chi connectivity index (χ0) is 34.7. The van der Waals surface area contributed by atoms with Crippen molar-refractivity contribution in [2.24, 2.45) is 0 Å². The summed E-state index contributed by atoms with van der Waals surface area (Å²) in [6.07, 6.45) is -5.22. The van der Waals surface area contributed by atoms with Crippen LogP contribution in [-0.2, 0) is 35.0 Å². The smallest absolute Gasteiger partial charge is 0.338 e. The maximum Gasteiger partial charge on any atom is 0.338 e. The van der Waals surface area contributed by atoms with Crippen LogP contribution in [0.5, 0.6) is 0 Å². The second-order valence-corrected chi connectivity index (χ2v) is 12.3. The number of benzene rings is 4. The molecule has 0 aromatic heterocycles. The summed E-state index contributed by atoms with van der Waals surface area (Å²) >= 11 is 0. The van der Waals surface area contributed by atoms with Gasteiger partial charge in [0, 0.05) is 0 Å². The Balaban J connectivity index is 1.38. The van der Waals surface area contributed by atoms with Crippen molar-refractivity contribution in [3.8, 4) is 0 Å². The van der Waals surface area contributed by atoms with E-state index in [9.17, 15) is 19.5 Å². The lowest BCUT2D eigenvalue weighted by atomic mass is 9.94. The highest BCUT2D eigenvalue weighted by Crippen LogP contribution is 2.34. The number of aliphatic hydroxyl groups excluding tert-OH is 1. The highest BCUT2D eigenvalue weighted by Gasteiger charge is 2.54. The molecule has 1 N–H and O–H groups in total. The third-order valence-electron chi connectivity index (χ3n) is 8.72. The molecule has 0 bridgehead atoms. The third-order valence-corrected chi connectivity index (χ3v) is 8.72. The topological polar surface area (TPSA) is 127 Å². The SMILES string of the molecule is O=C(O[C@H]1[C@@H](OC(=O)c2ccccc2)[C@@H](COCc2ccccc2)O[C@@H](O[C@@H]2CCCC[C@H]2O)[C@@H]1OC(=O)c1ccccc1)c1ccccc1. The van der Waals surface area contributed by atoms with Gasteiger partial charge < -0.3 is 33.5 Å². The highest BCUT2D eigenvalue weighted by molar-refractivity contribution is 5.91. The molecule has 1 aliphatic carbocycles. The first-order valence-electron chi connectivity index (χ1n) is 16.8. The normalized spacial score (nSPS) is 24.9. The molecule has 50 heavy (non-hydrogen) atoms. The summed E-state index contributed by atoms with van der Waals surface area (Å²) in [6, 6.07) is 34.5. The Morgan fingerprint density at radius 1 is 0.600 bits per heavy atom. The number of hydrogen-bond acceptors (Lipinski definition) is 10. The molecule has 1 saturated heterocycles. The number of carbonyl (C=O) groups is 3. The molecule has 2 fully saturated rings. The van der Waals surface area contributed by atoms with E-state index < -0.39 is 60.8 Å². The van der Waals surface area contributed by atoms with Crippen LogP contribution in [0.2, 0.25) is 0 Å². The molecular formula is C40H40O10. The summed E-state index contributed by atoms with van der Waals surface area (Å²) in [5.74, 6) is -2.17. The molecule has 1 saturated carbocycles. The first-order valence-corrected chi connectivity index (χ1v) is 16.8. The van der Waals surface area contributed by atoms with Crippen molar-refractivity contribution in [1.82, 2.24) is 0 Å². The van der Waals surface area contributed by atoms with Crippen LogP contribution in [-0.4, -0.2) is 72.5 Å². The van der Waals surface area contributed by atoms with Crippen LogP contribution < -0.4 is 0 Å². The molecule has 0 amide bonds. The molecule has 7 atom stereocenters. The van der Waals surface area contributed by atoms with Gasteiger partial charge in [0.05, 0.1) is 42.1 Å². The van der Waals surface area contributed by atoms with E-state index in [1.54, 1.807) is 91.0 Å². The van der Waals surface area contributed by atoms with Crippen LogP contribution in [0.15, 0.2) is 121 Å². The van der Waals surface area contributed by atoms with Gasteiger partial charge in [-0.1, -0.05) is 97.8 Å². The summed E-state index contributed by atoms with van der Waals surface area (Å²) < 4.78 is 37.3. The number of aliphatic hydroxyl groups is 1. The van der Waals surface area contributed by atoms with E-state index in [0.29, 0.717) is 12.8 Å². The molecule has 10 heteroatoms. The van der Waals surface area contributed by atoms with E-state index in [1.165, 1.54) is 0 Å². The lowest BCUT2D eigenvalue weighted by Gasteiger charge is -2.45. The maximum atomic E-state index is 13.7. The predicted octanol–water partition coefficient (Wildman–Crippen LogP) is 5.93. The van der Waals surface area contributed by atoms with E-state index in [4.69, 9.17) is 28.4 Å². The molecule has 10 nitrogen and oxygen atoms in total. The second kappa shape index (κ2) is 17.2. The summed E-state index contributed by atoms with van der Waals surface area (Å²) in [6.45, 7) is 0.112. The zero-order valence-electron chi connectivity index (χ0n) is 27.5. The summed E-state index contributed by atoms with van der Waals surface area (Å²) in [4.78, 5) is 41.0. The Morgan fingerprint density at radius 3 is 1.58 bits per heavy atom. The average molecular weight is 681 g/mol. The standard InChI is InChI=1S/C40H40O10/c41-31-23-13-14-24-32(31)46-40-36(50-39(44)30-21-11-4-12-22-30)35(49-38(43)29-19-9-3-10-20-29)34(48-37(42)28-17-7-2-8-18-28)33(47-40)26-45-25-27-15-5-1-6-16-27/h1-12,15-22,31-36,40-41H,13-14,23-26H2/t31-,32-,33-,34+,35+,36-,40-/m1/s1. The van der Waals surface area contributed by atoms with E-state index in [-0.39, 0.29) is 29.9 Å². The van der Waals surface area contributed by atoms with Crippen LogP contribution in [0, 0.1) is 0 Å². The van der Waals surface area contributed by atoms with Crippen LogP contribution in [0.25, 0.3) is 0 Å². The third kappa shape index (κ3) is 9.02. The van der Waals surface area contributed by atoms with Gasteiger partial charge in [0.2, 0.25) is 0 Å². The van der Waals surface area contributed by atoms with E-state index in [1.807, 2.05) is 30.3 Å². The molecule has 260 valence electrons. The van der Waals surface area contributed by atoms with Crippen LogP contribution in [0.4, 0.5) is 0 Å². The highest BCUT2D eigenvalue weighted by atomic mass is 16.7. The first-order chi connectivity index (χ1) is 24.5. The van der Waals surface area contributed by atoms with Gasteiger partial charge >= 0.3 is 17.9 Å². The molecule has 6 rings (SSSR count). The summed E-state index contributed by atoms with van der Waals surface area (Å²) in [7, 11) is 0. The molecule has 1 heterocycles. The lowest BCUT2D eigenvalue weighted by Crippen LogP contribution is -2.63. The van der Waals surface area contributed by atoms with Gasteiger partial charge in [0.15, 0.2) is 24.6 Å². The Labute approximate surface area is 290 Å². The number of carbonyl (C=O) groups excluding carboxylic acids is 3. The molecular weight excluding hydrogens is 640 g/mol. The Morgan fingerprint density at radius 2 is 1.06 bits per heavy atom. The minimum Gasteiger partial charge on any atom is -0.452 e. The fourth-order valence-electron chi connectivity index (χ4n) is 6.10. The van der Waals surface area contributed by atoms with Gasteiger partial charge in [-0.05, 0) is 54.8 Å². The Hall–Kier alpha value is -4.87. The average Bonchev–Trinajstić information content (AvgIpc) is 3.16. The first kappa shape index (κ1) is 35.0. The van der Waals surface area contributed by atoms with Crippen molar-refractivity contribution in [1.29, 1.82) is 0 Å². The monoisotopic (exact) mass is 680 g/mol. The summed E-state index contributed by atoms with van der Waals surface area (Å²) in [5, 5.41) is 10.9. The van der Waals surface area contributed by atoms with Crippen molar-refractivity contribution in [3.05, 3.63) is 144 Å². The molecule has 1 aliphatic heterocycles. The largest absolute Gasteiger partial charge is 0.452 e. The van der Waals surface area contributed by atoms with E-state index in [2.05, 4.69) is 0 Å². The van der Waals surface area contributed by atoms with E-state index in [0.717, 1.165) is 18.4 Å². The minimum atomic E-state index is -1.41. The fourth-order valence-corrected chi connectivity index (χ4v) is 6.10. The molecule has 2 aliphatic rings. The van der Waals surface area contributed by atoms with Gasteiger partial charge in [-0.3, -0.25) is 0 Å². The Kier molecular flexibility index (Phi) is 12.0. The van der Waals surface area contributed by atoms with Crippen LogP contribution in [0.1, 0.15) is 62.3 Å². The maximum absolute atomic E-state index is 13.7.